The van der Waals surface area contributed by atoms with E-state index in [1.165, 1.54) is 0 Å². The van der Waals surface area contributed by atoms with Gasteiger partial charge >= 0.3 is 6.03 Å². The Balaban J connectivity index is 1.22. The molecule has 2 N–H and O–H groups in total. The number of carbonyl (C=O) groups excluding carboxylic acids is 1. The van der Waals surface area contributed by atoms with Crippen molar-refractivity contribution in [2.24, 2.45) is 0 Å². The fourth-order valence-electron chi connectivity index (χ4n) is 5.91. The third-order valence-electron chi connectivity index (χ3n) is 8.44. The van der Waals surface area contributed by atoms with Crippen molar-refractivity contribution in [2.45, 2.75) is 52.6 Å². The van der Waals surface area contributed by atoms with E-state index in [4.69, 9.17) is 0 Å². The van der Waals surface area contributed by atoms with Gasteiger partial charge in [-0.05, 0) is 64.7 Å². The summed E-state index contributed by atoms with van der Waals surface area (Å²) in [6.45, 7) is 10.3. The molecule has 0 aliphatic heterocycles. The lowest BCUT2D eigenvalue weighted by Crippen LogP contribution is -2.24. The molecule has 0 bridgehead atoms. The van der Waals surface area contributed by atoms with Gasteiger partial charge in [-0.3, -0.25) is 20.2 Å². The van der Waals surface area contributed by atoms with Crippen molar-refractivity contribution >= 4 is 28.3 Å². The molecule has 0 fully saturated rings. The van der Waals surface area contributed by atoms with Gasteiger partial charge in [0.05, 0.1) is 35.5 Å². The van der Waals surface area contributed by atoms with Gasteiger partial charge in [-0.1, -0.05) is 81.4 Å². The second-order valence-electron chi connectivity index (χ2n) is 13.1. The minimum atomic E-state index is -0.360. The summed E-state index contributed by atoms with van der Waals surface area (Å²) in [4.78, 5) is 24.7. The zero-order valence-electron chi connectivity index (χ0n) is 28.3. The highest BCUT2D eigenvalue weighted by atomic mass is 16.2. The third-order valence-corrected chi connectivity index (χ3v) is 8.44. The second-order valence-corrected chi connectivity index (χ2v) is 13.1. The van der Waals surface area contributed by atoms with Crippen molar-refractivity contribution in [1.29, 1.82) is 5.26 Å². The van der Waals surface area contributed by atoms with Crippen molar-refractivity contribution in [3.8, 4) is 22.9 Å². The van der Waals surface area contributed by atoms with Gasteiger partial charge in [-0.15, -0.1) is 0 Å². The highest BCUT2D eigenvalue weighted by Crippen LogP contribution is 2.35. The van der Waals surface area contributed by atoms with Crippen LogP contribution in [-0.4, -0.2) is 37.2 Å². The molecule has 0 saturated carbocycles. The monoisotopic (exact) mass is 648 g/mol. The van der Waals surface area contributed by atoms with E-state index >= 15 is 0 Å². The first-order valence-corrected chi connectivity index (χ1v) is 16.4. The summed E-state index contributed by atoms with van der Waals surface area (Å²) in [7, 11) is 0. The maximum Gasteiger partial charge on any atom is 0.324 e. The number of aromatic nitrogens is 4. The van der Waals surface area contributed by atoms with E-state index in [1.807, 2.05) is 61.5 Å². The molecule has 3 aromatic carbocycles. The molecule has 246 valence electrons. The van der Waals surface area contributed by atoms with Gasteiger partial charge in [-0.2, -0.15) is 10.4 Å². The number of fused-ring (bicyclic) bond motifs is 1. The molecule has 2 amide bonds. The van der Waals surface area contributed by atoms with Crippen molar-refractivity contribution in [3.05, 3.63) is 132 Å². The number of nitriles is 1. The van der Waals surface area contributed by atoms with Crippen LogP contribution in [0.1, 0.15) is 49.7 Å². The number of hydrogen-bond acceptors (Lipinski definition) is 6. The largest absolute Gasteiger partial charge is 0.324 e. The number of benzene rings is 3. The molecule has 9 nitrogen and oxygen atoms in total. The van der Waals surface area contributed by atoms with Crippen LogP contribution in [0.5, 0.6) is 0 Å². The fraction of sp³-hybridized carbons (Fsp3) is 0.225. The van der Waals surface area contributed by atoms with Gasteiger partial charge in [-0.25, -0.2) is 9.48 Å². The summed E-state index contributed by atoms with van der Waals surface area (Å²) in [6.07, 6.45) is 5.81. The average Bonchev–Trinajstić information content (AvgIpc) is 3.52. The SMILES string of the molecule is Cc1ccc(-n2ncc(C(C)(C)C)c2NC(=O)Nc2ccc(-c3ccc(CN(CCC#N)Cc4ccccn4)cc3)c3ccccc23)cn1. The lowest BCUT2D eigenvalue weighted by Gasteiger charge is -2.21. The van der Waals surface area contributed by atoms with E-state index in [0.29, 0.717) is 37.6 Å². The van der Waals surface area contributed by atoms with Crippen LogP contribution >= 0.6 is 0 Å². The number of aryl methyl sites for hydroxylation is 1. The highest BCUT2D eigenvalue weighted by Gasteiger charge is 2.25. The van der Waals surface area contributed by atoms with Crippen molar-refractivity contribution in [1.82, 2.24) is 24.6 Å². The summed E-state index contributed by atoms with van der Waals surface area (Å²) >= 11 is 0. The molecule has 6 rings (SSSR count). The van der Waals surface area contributed by atoms with E-state index < -0.39 is 0 Å². The minimum absolute atomic E-state index is 0.253. The van der Waals surface area contributed by atoms with Gasteiger partial charge in [0, 0.05) is 48.9 Å². The molecule has 0 saturated heterocycles. The lowest BCUT2D eigenvalue weighted by molar-refractivity contribution is 0.260. The Kier molecular flexibility index (Phi) is 9.79. The number of hydrogen-bond donors (Lipinski definition) is 2. The normalized spacial score (nSPS) is 11.4. The van der Waals surface area contributed by atoms with Crippen LogP contribution in [0.4, 0.5) is 16.3 Å². The first-order chi connectivity index (χ1) is 23.7. The lowest BCUT2D eigenvalue weighted by atomic mass is 9.89. The molecule has 0 spiro atoms. The predicted molar refractivity (Wildman–Crippen MR) is 195 cm³/mol. The van der Waals surface area contributed by atoms with E-state index in [9.17, 15) is 10.1 Å². The van der Waals surface area contributed by atoms with Crippen LogP contribution in [0.15, 0.2) is 110 Å². The predicted octanol–water partition coefficient (Wildman–Crippen LogP) is 8.65. The van der Waals surface area contributed by atoms with Crippen molar-refractivity contribution in [3.63, 3.8) is 0 Å². The molecule has 0 aliphatic carbocycles. The first kappa shape index (κ1) is 33.1. The third kappa shape index (κ3) is 7.83. The Morgan fingerprint density at radius 2 is 1.63 bits per heavy atom. The van der Waals surface area contributed by atoms with Gasteiger partial charge in [0.15, 0.2) is 0 Å². The minimum Gasteiger partial charge on any atom is -0.307 e. The molecule has 3 heterocycles. The van der Waals surface area contributed by atoms with Crippen molar-refractivity contribution < 1.29 is 4.79 Å². The first-order valence-electron chi connectivity index (χ1n) is 16.4. The Morgan fingerprint density at radius 1 is 0.857 bits per heavy atom. The summed E-state index contributed by atoms with van der Waals surface area (Å²) in [5, 5.41) is 22.0. The maximum absolute atomic E-state index is 13.6. The number of anilines is 2. The molecule has 3 aromatic heterocycles. The summed E-state index contributed by atoms with van der Waals surface area (Å²) in [5.74, 6) is 0.600. The quantitative estimate of drug-likeness (QED) is 0.154. The smallest absolute Gasteiger partial charge is 0.307 e. The summed E-state index contributed by atoms with van der Waals surface area (Å²) in [6, 6.07) is 32.3. The molecule has 0 radical (unpaired) electrons. The van der Waals surface area contributed by atoms with E-state index in [0.717, 1.165) is 50.1 Å². The number of nitrogens with zero attached hydrogens (tertiary/aromatic N) is 6. The molecular weight excluding hydrogens is 608 g/mol. The standard InChI is InChI=1S/C40H40N8O/c1-28-13-18-32(24-43-28)48-38(36(25-44-48)40(2,3)4)46-39(49)45-37-20-19-33(34-11-5-6-12-35(34)37)30-16-14-29(15-17-30)26-47(23-9-21-41)27-31-10-7-8-22-42-31/h5-8,10-20,22,24-25H,9,23,26-27H2,1-4H3,(H2,45,46,49). The molecule has 49 heavy (non-hydrogen) atoms. The van der Waals surface area contributed by atoms with E-state index in [2.05, 4.69) is 93.8 Å². The van der Waals surface area contributed by atoms with E-state index in [1.54, 1.807) is 23.3 Å². The average molecular weight is 649 g/mol. The second kappa shape index (κ2) is 14.5. The number of pyridine rings is 2. The van der Waals surface area contributed by atoms with Gasteiger partial charge in [0.1, 0.15) is 5.82 Å². The Hall–Kier alpha value is -5.85. The number of carbonyl (C=O) groups is 1. The Bertz CT molecular complexity index is 2090. The molecule has 0 aliphatic rings. The number of rotatable bonds is 10. The van der Waals surface area contributed by atoms with E-state index in [-0.39, 0.29) is 11.4 Å². The van der Waals surface area contributed by atoms with Gasteiger partial charge in [0.25, 0.3) is 0 Å². The molecule has 9 heteroatoms. The fourth-order valence-corrected chi connectivity index (χ4v) is 5.91. The number of amides is 2. The summed E-state index contributed by atoms with van der Waals surface area (Å²) < 4.78 is 1.72. The molecule has 6 aromatic rings. The highest BCUT2D eigenvalue weighted by molar-refractivity contribution is 6.09. The van der Waals surface area contributed by atoms with Crippen LogP contribution in [-0.2, 0) is 18.5 Å². The van der Waals surface area contributed by atoms with Crippen LogP contribution in [0.2, 0.25) is 0 Å². The van der Waals surface area contributed by atoms with Crippen LogP contribution in [0.3, 0.4) is 0 Å². The maximum atomic E-state index is 13.6. The number of nitrogens with one attached hydrogen (secondary N) is 2. The molecule has 0 unspecified atom stereocenters. The zero-order chi connectivity index (χ0) is 34.4. The zero-order valence-corrected chi connectivity index (χ0v) is 28.3. The molecule has 0 atom stereocenters. The molecular formula is C40H40N8O. The van der Waals surface area contributed by atoms with Crippen LogP contribution < -0.4 is 10.6 Å². The number of urea groups is 1. The Morgan fingerprint density at radius 3 is 2.33 bits per heavy atom. The van der Waals surface area contributed by atoms with Crippen LogP contribution in [0, 0.1) is 18.3 Å². The Labute approximate surface area is 287 Å². The van der Waals surface area contributed by atoms with Gasteiger partial charge < -0.3 is 5.32 Å². The van der Waals surface area contributed by atoms with Gasteiger partial charge in [0.2, 0.25) is 0 Å². The topological polar surface area (TPSA) is 112 Å². The van der Waals surface area contributed by atoms with Crippen LogP contribution in [0.25, 0.3) is 27.6 Å². The van der Waals surface area contributed by atoms with Crippen molar-refractivity contribution in [2.75, 3.05) is 17.2 Å². The summed E-state index contributed by atoms with van der Waals surface area (Å²) in [5.41, 5.74) is 7.32.